The molecule has 0 aliphatic heterocycles. The molecule has 0 saturated carbocycles. The summed E-state index contributed by atoms with van der Waals surface area (Å²) in [5.74, 6) is 0. The summed E-state index contributed by atoms with van der Waals surface area (Å²) in [6.45, 7) is 5.62. The van der Waals surface area contributed by atoms with Crippen LogP contribution >= 0.6 is 0 Å². The molecule has 58 valence electrons. The van der Waals surface area contributed by atoms with Gasteiger partial charge in [-0.05, 0) is 13.8 Å². The summed E-state index contributed by atoms with van der Waals surface area (Å²) in [5.41, 5.74) is 0. The molecule has 0 amide bonds. The first kappa shape index (κ1) is 9.08. The SMILES string of the molecule is CC=COC(C)OC=CC. The molecule has 0 rings (SSSR count). The number of hydrogen-bond acceptors (Lipinski definition) is 2. The van der Waals surface area contributed by atoms with Crippen LogP contribution in [-0.4, -0.2) is 6.29 Å². The van der Waals surface area contributed by atoms with Gasteiger partial charge >= 0.3 is 0 Å². The first-order valence-electron chi connectivity index (χ1n) is 3.34. The minimum Gasteiger partial charge on any atom is -0.463 e. The lowest BCUT2D eigenvalue weighted by Crippen LogP contribution is -2.04. The van der Waals surface area contributed by atoms with Crippen LogP contribution in [0.4, 0.5) is 0 Å². The van der Waals surface area contributed by atoms with E-state index in [1.807, 2.05) is 32.9 Å². The smallest absolute Gasteiger partial charge is 0.236 e. The zero-order chi connectivity index (χ0) is 7.82. The van der Waals surface area contributed by atoms with Crippen molar-refractivity contribution in [2.75, 3.05) is 0 Å². The second-order valence-electron chi connectivity index (χ2n) is 1.78. The Kier molecular flexibility index (Phi) is 5.63. The van der Waals surface area contributed by atoms with E-state index in [0.717, 1.165) is 0 Å². The third-order valence-electron chi connectivity index (χ3n) is 0.813. The zero-order valence-corrected chi connectivity index (χ0v) is 6.70. The molecule has 0 bridgehead atoms. The van der Waals surface area contributed by atoms with Gasteiger partial charge in [-0.15, -0.1) is 0 Å². The second kappa shape index (κ2) is 6.20. The van der Waals surface area contributed by atoms with Crippen LogP contribution in [0, 0.1) is 0 Å². The van der Waals surface area contributed by atoms with Gasteiger partial charge in [0.1, 0.15) is 0 Å². The van der Waals surface area contributed by atoms with Crippen LogP contribution in [0.1, 0.15) is 20.8 Å². The average Bonchev–Trinajstić information content (AvgIpc) is 1.97. The topological polar surface area (TPSA) is 18.5 Å². The van der Waals surface area contributed by atoms with E-state index in [1.165, 1.54) is 0 Å². The van der Waals surface area contributed by atoms with Gasteiger partial charge in [-0.2, -0.15) is 0 Å². The molecule has 0 heterocycles. The van der Waals surface area contributed by atoms with Crippen molar-refractivity contribution in [3.8, 4) is 0 Å². The summed E-state index contributed by atoms with van der Waals surface area (Å²) in [4.78, 5) is 0. The van der Waals surface area contributed by atoms with Crippen LogP contribution in [0.5, 0.6) is 0 Å². The molecule has 0 saturated heterocycles. The van der Waals surface area contributed by atoms with E-state index in [9.17, 15) is 0 Å². The molecule has 0 fully saturated rings. The molecule has 2 nitrogen and oxygen atoms in total. The Bertz CT molecular complexity index is 102. The van der Waals surface area contributed by atoms with Crippen molar-refractivity contribution < 1.29 is 9.47 Å². The molecule has 0 atom stereocenters. The third kappa shape index (κ3) is 5.22. The highest BCUT2D eigenvalue weighted by Crippen LogP contribution is 1.94. The van der Waals surface area contributed by atoms with E-state index in [2.05, 4.69) is 0 Å². The summed E-state index contributed by atoms with van der Waals surface area (Å²) >= 11 is 0. The van der Waals surface area contributed by atoms with Gasteiger partial charge in [0.15, 0.2) is 0 Å². The van der Waals surface area contributed by atoms with Crippen molar-refractivity contribution in [2.24, 2.45) is 0 Å². The van der Waals surface area contributed by atoms with Crippen LogP contribution in [0.25, 0.3) is 0 Å². The van der Waals surface area contributed by atoms with Gasteiger partial charge in [-0.1, -0.05) is 12.2 Å². The van der Waals surface area contributed by atoms with Crippen molar-refractivity contribution in [3.63, 3.8) is 0 Å². The highest BCUT2D eigenvalue weighted by atomic mass is 16.7. The molecular weight excluding hydrogens is 128 g/mol. The van der Waals surface area contributed by atoms with Gasteiger partial charge in [0.05, 0.1) is 12.5 Å². The summed E-state index contributed by atoms with van der Waals surface area (Å²) < 4.78 is 10.1. The zero-order valence-electron chi connectivity index (χ0n) is 6.70. The highest BCUT2D eigenvalue weighted by molar-refractivity contribution is 4.68. The van der Waals surface area contributed by atoms with E-state index in [1.54, 1.807) is 12.5 Å². The molecule has 0 N–H and O–H groups in total. The van der Waals surface area contributed by atoms with E-state index in [0.29, 0.717) is 0 Å². The molecule has 0 spiro atoms. The molecular formula is C8H14O2. The Morgan fingerprint density at radius 3 is 1.70 bits per heavy atom. The molecule has 0 aromatic heterocycles. The van der Waals surface area contributed by atoms with Crippen LogP contribution < -0.4 is 0 Å². The standard InChI is InChI=1S/C8H14O2/c1-4-6-9-8(3)10-7-5-2/h4-8H,1-3H3. The quantitative estimate of drug-likeness (QED) is 0.443. The van der Waals surface area contributed by atoms with E-state index < -0.39 is 0 Å². The predicted molar refractivity (Wildman–Crippen MR) is 41.3 cm³/mol. The first-order chi connectivity index (χ1) is 4.81. The Labute approximate surface area is 62.1 Å². The van der Waals surface area contributed by atoms with Gasteiger partial charge in [-0.25, -0.2) is 0 Å². The van der Waals surface area contributed by atoms with Crippen molar-refractivity contribution in [2.45, 2.75) is 27.1 Å². The van der Waals surface area contributed by atoms with Gasteiger partial charge in [0.25, 0.3) is 0 Å². The van der Waals surface area contributed by atoms with E-state index in [-0.39, 0.29) is 6.29 Å². The number of hydrogen-bond donors (Lipinski definition) is 0. The van der Waals surface area contributed by atoms with Crippen molar-refractivity contribution in [3.05, 3.63) is 24.7 Å². The molecule has 0 aliphatic rings. The minimum absolute atomic E-state index is 0.201. The highest BCUT2D eigenvalue weighted by Gasteiger charge is 1.93. The maximum Gasteiger partial charge on any atom is 0.236 e. The molecule has 2 heteroatoms. The molecule has 0 radical (unpaired) electrons. The summed E-state index contributed by atoms with van der Waals surface area (Å²) in [6, 6.07) is 0. The monoisotopic (exact) mass is 142 g/mol. The van der Waals surface area contributed by atoms with Gasteiger partial charge < -0.3 is 9.47 Å². The van der Waals surface area contributed by atoms with Gasteiger partial charge in [0.2, 0.25) is 6.29 Å². The van der Waals surface area contributed by atoms with Gasteiger partial charge in [-0.3, -0.25) is 0 Å². The third-order valence-corrected chi connectivity index (χ3v) is 0.813. The largest absolute Gasteiger partial charge is 0.463 e. The van der Waals surface area contributed by atoms with Crippen molar-refractivity contribution >= 4 is 0 Å². The van der Waals surface area contributed by atoms with E-state index in [4.69, 9.17) is 9.47 Å². The fourth-order valence-corrected chi connectivity index (χ4v) is 0.410. The Morgan fingerprint density at radius 1 is 1.00 bits per heavy atom. The Balaban J connectivity index is 3.33. The molecule has 0 aromatic rings. The number of allylic oxidation sites excluding steroid dienone is 2. The molecule has 10 heavy (non-hydrogen) atoms. The first-order valence-corrected chi connectivity index (χ1v) is 3.34. The van der Waals surface area contributed by atoms with Crippen molar-refractivity contribution in [1.29, 1.82) is 0 Å². The summed E-state index contributed by atoms with van der Waals surface area (Å²) in [6.07, 6.45) is 6.64. The van der Waals surface area contributed by atoms with Crippen LogP contribution in [-0.2, 0) is 9.47 Å². The number of rotatable bonds is 4. The summed E-state index contributed by atoms with van der Waals surface area (Å²) in [7, 11) is 0. The fourth-order valence-electron chi connectivity index (χ4n) is 0.410. The lowest BCUT2D eigenvalue weighted by molar-refractivity contribution is -0.0461. The Hall–Kier alpha value is -0.920. The minimum atomic E-state index is -0.201. The average molecular weight is 142 g/mol. The summed E-state index contributed by atoms with van der Waals surface area (Å²) in [5, 5.41) is 0. The molecule has 0 unspecified atom stereocenters. The maximum atomic E-state index is 5.04. The van der Waals surface area contributed by atoms with Crippen LogP contribution in [0.15, 0.2) is 24.7 Å². The lowest BCUT2D eigenvalue weighted by atomic mass is 10.7. The number of ether oxygens (including phenoxy) is 2. The fraction of sp³-hybridized carbons (Fsp3) is 0.500. The second-order valence-corrected chi connectivity index (χ2v) is 1.78. The molecule has 0 aliphatic carbocycles. The van der Waals surface area contributed by atoms with Gasteiger partial charge in [0, 0.05) is 6.92 Å². The predicted octanol–water partition coefficient (Wildman–Crippen LogP) is 2.43. The van der Waals surface area contributed by atoms with Crippen molar-refractivity contribution in [1.82, 2.24) is 0 Å². The molecule has 0 aromatic carbocycles. The van der Waals surface area contributed by atoms with Crippen LogP contribution in [0.3, 0.4) is 0 Å². The Morgan fingerprint density at radius 2 is 1.40 bits per heavy atom. The van der Waals surface area contributed by atoms with E-state index >= 15 is 0 Å². The lowest BCUT2D eigenvalue weighted by Gasteiger charge is -2.09. The van der Waals surface area contributed by atoms with Crippen LogP contribution in [0.2, 0.25) is 0 Å². The maximum absolute atomic E-state index is 5.04. The normalized spacial score (nSPS) is 14.3.